The summed E-state index contributed by atoms with van der Waals surface area (Å²) in [5.74, 6) is -0.895. The molecule has 0 radical (unpaired) electrons. The molecule has 2 saturated carbocycles. The number of nitrogens with one attached hydrogen (secondary N) is 3. The van der Waals surface area contributed by atoms with E-state index >= 15 is 4.79 Å². The van der Waals surface area contributed by atoms with Crippen molar-refractivity contribution in [1.82, 2.24) is 25.2 Å². The molecule has 7 rings (SSSR count). The van der Waals surface area contributed by atoms with E-state index in [0.717, 1.165) is 12.0 Å². The minimum Gasteiger partial charge on any atom is -0.497 e. The predicted molar refractivity (Wildman–Crippen MR) is 242 cm³/mol. The van der Waals surface area contributed by atoms with E-state index in [1.165, 1.54) is 4.90 Å². The Kier molecular flexibility index (Phi) is 13.0. The first-order chi connectivity index (χ1) is 30.1. The molecule has 4 aliphatic rings. The van der Waals surface area contributed by atoms with Crippen LogP contribution >= 0.6 is 0 Å². The third-order valence-corrected chi connectivity index (χ3v) is 14.9. The molecule has 1 saturated heterocycles. The van der Waals surface area contributed by atoms with Crippen LogP contribution in [-0.2, 0) is 29.1 Å². The minimum atomic E-state index is -4.03. The van der Waals surface area contributed by atoms with Crippen molar-refractivity contribution in [3.05, 3.63) is 60.7 Å². The van der Waals surface area contributed by atoms with Crippen molar-refractivity contribution in [2.45, 2.75) is 141 Å². The number of pyridine rings is 1. The molecule has 2 aliphatic carbocycles. The van der Waals surface area contributed by atoms with E-state index in [1.807, 2.05) is 75.4 Å². The van der Waals surface area contributed by atoms with Gasteiger partial charge in [0.2, 0.25) is 21.8 Å². The van der Waals surface area contributed by atoms with E-state index in [2.05, 4.69) is 22.3 Å². The second kappa shape index (κ2) is 17.9. The number of hydrogen-bond acceptors (Lipinski definition) is 11. The van der Waals surface area contributed by atoms with Crippen LogP contribution < -0.4 is 29.6 Å². The number of carbonyl (C=O) groups is 4. The van der Waals surface area contributed by atoms with Gasteiger partial charge in [0.05, 0.1) is 35.7 Å². The first-order valence-electron chi connectivity index (χ1n) is 22.4. The molecular formula is C48H63N5O10S. The number of alkyl carbamates (subject to hydrolysis) is 1. The number of fused-ring (bicyclic) bond motifs is 3. The van der Waals surface area contributed by atoms with E-state index in [4.69, 9.17) is 23.9 Å². The molecule has 7 atom stereocenters. The summed E-state index contributed by atoms with van der Waals surface area (Å²) in [4.78, 5) is 63.7. The van der Waals surface area contributed by atoms with Gasteiger partial charge >= 0.3 is 6.09 Å². The zero-order valence-corrected chi connectivity index (χ0v) is 39.2. The number of ether oxygens (including phenoxy) is 4. The zero-order valence-electron chi connectivity index (χ0n) is 38.4. The van der Waals surface area contributed by atoms with Crippen LogP contribution in [0.3, 0.4) is 0 Å². The fraction of sp³-hybridized carbons (Fsp3) is 0.562. The Balaban J connectivity index is 1.26. The van der Waals surface area contributed by atoms with E-state index in [9.17, 15) is 22.8 Å². The lowest BCUT2D eigenvalue weighted by atomic mass is 9.88. The molecule has 1 aromatic heterocycles. The maximum absolute atomic E-state index is 15.1. The van der Waals surface area contributed by atoms with Crippen LogP contribution in [0.2, 0.25) is 0 Å². The Labute approximate surface area is 376 Å². The number of sulfonamides is 1. The summed E-state index contributed by atoms with van der Waals surface area (Å²) >= 11 is 0. The molecule has 0 bridgehead atoms. The number of aromatic nitrogens is 1. The maximum Gasteiger partial charge on any atom is 0.408 e. The molecule has 2 aliphatic heterocycles. The highest BCUT2D eigenvalue weighted by Gasteiger charge is 2.63. The SMILES string of the molecule is COc1ccc2c(OC3CC4C(=O)NC5(C(=O)NS(=O)(=O)C6(C)CC6)CC5C=CCCC(C)CC(C)C(NC(=O)OC(C)(C)C)C(=O)N4C3)cc(-c3ccc(OC(C)C)cc3)nc2c1. The van der Waals surface area contributed by atoms with Gasteiger partial charge in [-0.2, -0.15) is 0 Å². The summed E-state index contributed by atoms with van der Waals surface area (Å²) in [6.07, 6.45) is 5.38. The number of rotatable bonds is 10. The first-order valence-corrected chi connectivity index (χ1v) is 23.9. The molecule has 4 amide bonds. The van der Waals surface area contributed by atoms with Gasteiger partial charge in [-0.1, -0.05) is 26.0 Å². The van der Waals surface area contributed by atoms with Crippen molar-refractivity contribution >= 4 is 44.7 Å². The maximum atomic E-state index is 15.1. The molecule has 64 heavy (non-hydrogen) atoms. The standard InChI is InChI=1S/C48H63N5O10S/c1-28(2)61-33-16-14-31(15-17-33)37-25-40(36-19-18-34(60-9)23-38(36)49-37)62-35-24-39-42(54)51-48(44(56)52-64(58,59)47(8)20-21-47)26-32(48)13-11-10-12-29(3)22-30(4)41(43(55)53(39)27-35)50-45(57)63-46(5,6)7/h11,13-19,23,25,28-30,32,35,39,41H,10,12,20-22,24,26-27H2,1-9H3,(H,50,57)(H,51,54)(H,52,56). The van der Waals surface area contributed by atoms with Crippen LogP contribution in [0.25, 0.3) is 22.2 Å². The summed E-state index contributed by atoms with van der Waals surface area (Å²) in [6.45, 7) is 14.7. The van der Waals surface area contributed by atoms with E-state index < -0.39 is 73.8 Å². The third-order valence-electron chi connectivity index (χ3n) is 12.7. The van der Waals surface area contributed by atoms with Crippen molar-refractivity contribution in [2.24, 2.45) is 17.8 Å². The Bertz CT molecular complexity index is 2410. The number of nitrogens with zero attached hydrogens (tertiary/aromatic N) is 2. The van der Waals surface area contributed by atoms with E-state index in [1.54, 1.807) is 40.9 Å². The first kappa shape index (κ1) is 46.6. The second-order valence-electron chi connectivity index (χ2n) is 19.7. The van der Waals surface area contributed by atoms with Crippen molar-refractivity contribution < 1.29 is 46.5 Å². The van der Waals surface area contributed by atoms with Gasteiger partial charge in [0.15, 0.2) is 0 Å². The van der Waals surface area contributed by atoms with Crippen LogP contribution in [0, 0.1) is 17.8 Å². The lowest BCUT2D eigenvalue weighted by Gasteiger charge is -2.33. The normalized spacial score (nSPS) is 27.0. The summed E-state index contributed by atoms with van der Waals surface area (Å²) < 4.78 is 51.8. The lowest BCUT2D eigenvalue weighted by Crippen LogP contribution is -2.59. The van der Waals surface area contributed by atoms with E-state index in [-0.39, 0.29) is 37.3 Å². The molecule has 3 fully saturated rings. The fourth-order valence-electron chi connectivity index (χ4n) is 8.74. The van der Waals surface area contributed by atoms with Crippen LogP contribution in [0.1, 0.15) is 100 Å². The van der Waals surface area contributed by atoms with Crippen LogP contribution in [0.4, 0.5) is 4.79 Å². The molecule has 16 heteroatoms. The zero-order chi connectivity index (χ0) is 46.4. The minimum absolute atomic E-state index is 0.000793. The Morgan fingerprint density at radius 2 is 1.70 bits per heavy atom. The Morgan fingerprint density at radius 1 is 1.00 bits per heavy atom. The van der Waals surface area contributed by atoms with Gasteiger partial charge in [-0.25, -0.2) is 18.2 Å². The van der Waals surface area contributed by atoms with Crippen molar-refractivity contribution in [1.29, 1.82) is 0 Å². The molecule has 7 unspecified atom stereocenters. The molecule has 346 valence electrons. The van der Waals surface area contributed by atoms with Crippen LogP contribution in [-0.4, -0.2) is 95.9 Å². The second-order valence-corrected chi connectivity index (χ2v) is 21.9. The highest BCUT2D eigenvalue weighted by Crippen LogP contribution is 2.48. The van der Waals surface area contributed by atoms with Gasteiger partial charge in [-0.05, 0) is 128 Å². The summed E-state index contributed by atoms with van der Waals surface area (Å²) in [5, 5.41) is 6.46. The number of hydrogen-bond donors (Lipinski definition) is 3. The Hall–Kier alpha value is -5.38. The average molecular weight is 902 g/mol. The predicted octanol–water partition coefficient (Wildman–Crippen LogP) is 6.82. The number of allylic oxidation sites excluding steroid dienone is 1. The van der Waals surface area contributed by atoms with Gasteiger partial charge in [-0.15, -0.1) is 0 Å². The molecule has 0 spiro atoms. The van der Waals surface area contributed by atoms with Gasteiger partial charge in [-0.3, -0.25) is 19.1 Å². The third kappa shape index (κ3) is 10.3. The van der Waals surface area contributed by atoms with Gasteiger partial charge in [0.1, 0.15) is 46.6 Å². The number of methoxy groups -OCH3 is 1. The van der Waals surface area contributed by atoms with Crippen molar-refractivity contribution in [3.63, 3.8) is 0 Å². The molecule has 15 nitrogen and oxygen atoms in total. The quantitative estimate of drug-likeness (QED) is 0.181. The highest BCUT2D eigenvalue weighted by molar-refractivity contribution is 7.91. The smallest absolute Gasteiger partial charge is 0.408 e. The van der Waals surface area contributed by atoms with Gasteiger partial charge in [0, 0.05) is 35.4 Å². The van der Waals surface area contributed by atoms with Gasteiger partial charge in [0.25, 0.3) is 5.91 Å². The average Bonchev–Trinajstić information content (AvgIpc) is 4.10. The van der Waals surface area contributed by atoms with Gasteiger partial charge < -0.3 is 34.5 Å². The number of benzene rings is 2. The topological polar surface area (TPSA) is 192 Å². The largest absolute Gasteiger partial charge is 0.497 e. The summed E-state index contributed by atoms with van der Waals surface area (Å²) in [7, 11) is -2.46. The van der Waals surface area contributed by atoms with Crippen LogP contribution in [0.15, 0.2) is 60.7 Å². The fourth-order valence-corrected chi connectivity index (χ4v) is 10.0. The van der Waals surface area contributed by atoms with Crippen LogP contribution in [0.5, 0.6) is 17.2 Å². The highest BCUT2D eigenvalue weighted by atomic mass is 32.2. The molecule has 2 aromatic carbocycles. The van der Waals surface area contributed by atoms with Crippen molar-refractivity contribution in [3.8, 4) is 28.5 Å². The molecule has 3 heterocycles. The van der Waals surface area contributed by atoms with E-state index in [0.29, 0.717) is 59.5 Å². The number of amides is 4. The lowest BCUT2D eigenvalue weighted by molar-refractivity contribution is -0.142. The molecule has 3 aromatic rings. The summed E-state index contributed by atoms with van der Waals surface area (Å²) in [6, 6.07) is 12.6. The molecule has 3 N–H and O–H groups in total. The molecular weight excluding hydrogens is 839 g/mol. The van der Waals surface area contributed by atoms with Crippen molar-refractivity contribution in [2.75, 3.05) is 13.7 Å². The monoisotopic (exact) mass is 901 g/mol. The Morgan fingerprint density at radius 3 is 2.36 bits per heavy atom. The number of carbonyl (C=O) groups excluding carboxylic acids is 4. The summed E-state index contributed by atoms with van der Waals surface area (Å²) in [5.41, 5.74) is -0.402.